The first kappa shape index (κ1) is 22.0. The molecule has 0 fully saturated rings. The van der Waals surface area contributed by atoms with Crippen molar-refractivity contribution in [3.63, 3.8) is 0 Å². The molecule has 5 heteroatoms. The van der Waals surface area contributed by atoms with Crippen LogP contribution in [0.2, 0.25) is 0 Å². The van der Waals surface area contributed by atoms with Crippen molar-refractivity contribution in [2.45, 2.75) is 6.92 Å². The highest BCUT2D eigenvalue weighted by Crippen LogP contribution is 2.42. The van der Waals surface area contributed by atoms with Crippen LogP contribution < -0.4 is 11.1 Å². The van der Waals surface area contributed by atoms with Gasteiger partial charge in [0.25, 0.3) is 5.91 Å². The Kier molecular flexibility index (Phi) is 5.47. The zero-order valence-electron chi connectivity index (χ0n) is 19.7. The van der Waals surface area contributed by atoms with Gasteiger partial charge in [0.2, 0.25) is 0 Å². The monoisotopic (exact) mass is 485 g/mol. The Morgan fingerprint density at radius 3 is 2.25 bits per heavy atom. The van der Waals surface area contributed by atoms with E-state index in [1.807, 2.05) is 85.8 Å². The fourth-order valence-electron chi connectivity index (χ4n) is 4.61. The maximum absolute atomic E-state index is 13.6. The van der Waals surface area contributed by atoms with E-state index in [9.17, 15) is 4.79 Å². The van der Waals surface area contributed by atoms with Gasteiger partial charge in [-0.15, -0.1) is 11.3 Å². The Morgan fingerprint density at radius 2 is 1.50 bits per heavy atom. The first-order valence-corrected chi connectivity index (χ1v) is 12.6. The standard InChI is InChI=1S/C31H23N3OS/c1-19-16-17-21-12-8-9-15-23(21)28(19)34-30(35)29-27(32)26-24(20-10-4-2-5-11-20)18-25(33-31(26)36-29)22-13-6-3-7-14-22/h2-18H,32H2,1H3,(H,34,35). The minimum atomic E-state index is -0.227. The number of nitrogens with zero attached hydrogens (tertiary/aromatic N) is 1. The van der Waals surface area contributed by atoms with Crippen LogP contribution in [0.4, 0.5) is 11.4 Å². The highest BCUT2D eigenvalue weighted by atomic mass is 32.1. The number of aromatic nitrogens is 1. The van der Waals surface area contributed by atoms with Gasteiger partial charge in [-0.25, -0.2) is 4.98 Å². The molecule has 0 bridgehead atoms. The number of fused-ring (bicyclic) bond motifs is 2. The number of amides is 1. The van der Waals surface area contributed by atoms with Crippen LogP contribution in [0.25, 0.3) is 43.4 Å². The Labute approximate surface area is 213 Å². The van der Waals surface area contributed by atoms with Crippen LogP contribution in [0.5, 0.6) is 0 Å². The minimum Gasteiger partial charge on any atom is -0.397 e. The number of nitrogens with two attached hydrogens (primary N) is 1. The molecular weight excluding hydrogens is 462 g/mol. The van der Waals surface area contributed by atoms with E-state index in [1.165, 1.54) is 11.3 Å². The second kappa shape index (κ2) is 8.95. The maximum Gasteiger partial charge on any atom is 0.267 e. The fourth-order valence-corrected chi connectivity index (χ4v) is 5.62. The highest BCUT2D eigenvalue weighted by molar-refractivity contribution is 7.21. The average Bonchev–Trinajstić information content (AvgIpc) is 3.27. The third-order valence-electron chi connectivity index (χ3n) is 6.44. The molecule has 0 saturated heterocycles. The van der Waals surface area contributed by atoms with Crippen molar-refractivity contribution >= 4 is 49.6 Å². The summed E-state index contributed by atoms with van der Waals surface area (Å²) in [5.41, 5.74) is 12.8. The lowest BCUT2D eigenvalue weighted by atomic mass is 9.99. The van der Waals surface area contributed by atoms with E-state index >= 15 is 0 Å². The van der Waals surface area contributed by atoms with E-state index in [0.717, 1.165) is 54.6 Å². The van der Waals surface area contributed by atoms with Crippen molar-refractivity contribution in [3.8, 4) is 22.4 Å². The molecule has 0 unspecified atom stereocenters. The van der Waals surface area contributed by atoms with Gasteiger partial charge in [0, 0.05) is 16.3 Å². The summed E-state index contributed by atoms with van der Waals surface area (Å²) in [4.78, 5) is 19.7. The summed E-state index contributed by atoms with van der Waals surface area (Å²) in [6.45, 7) is 2.00. The summed E-state index contributed by atoms with van der Waals surface area (Å²) in [6, 6.07) is 34.3. The molecule has 0 saturated carbocycles. The van der Waals surface area contributed by atoms with E-state index in [0.29, 0.717) is 10.6 Å². The number of hydrogen-bond donors (Lipinski definition) is 2. The number of thiophene rings is 1. The number of carbonyl (C=O) groups is 1. The smallest absolute Gasteiger partial charge is 0.267 e. The Hall–Kier alpha value is -4.48. The topological polar surface area (TPSA) is 68.0 Å². The van der Waals surface area contributed by atoms with Crippen LogP contribution in [0.1, 0.15) is 15.2 Å². The van der Waals surface area contributed by atoms with Gasteiger partial charge in [-0.1, -0.05) is 97.1 Å². The molecule has 0 radical (unpaired) electrons. The zero-order valence-corrected chi connectivity index (χ0v) is 20.5. The zero-order chi connectivity index (χ0) is 24.6. The van der Waals surface area contributed by atoms with E-state index < -0.39 is 0 Å². The molecule has 0 aliphatic carbocycles. The van der Waals surface area contributed by atoms with Gasteiger partial charge in [0.05, 0.1) is 17.1 Å². The molecule has 3 N–H and O–H groups in total. The molecule has 2 heterocycles. The SMILES string of the molecule is Cc1ccc2ccccc2c1NC(=O)c1sc2nc(-c3ccccc3)cc(-c3ccccc3)c2c1N. The number of anilines is 2. The molecule has 0 aliphatic heterocycles. The number of pyridine rings is 1. The first-order valence-electron chi connectivity index (χ1n) is 11.7. The van der Waals surface area contributed by atoms with Gasteiger partial charge in [0.1, 0.15) is 9.71 Å². The third kappa shape index (κ3) is 3.80. The number of nitrogen functional groups attached to an aromatic ring is 1. The van der Waals surface area contributed by atoms with Crippen LogP contribution in [-0.4, -0.2) is 10.9 Å². The second-order valence-corrected chi connectivity index (χ2v) is 9.74. The van der Waals surface area contributed by atoms with Crippen molar-refractivity contribution in [1.29, 1.82) is 0 Å². The fraction of sp³-hybridized carbons (Fsp3) is 0.0323. The molecule has 6 rings (SSSR count). The van der Waals surface area contributed by atoms with Gasteiger partial charge in [-0.3, -0.25) is 4.79 Å². The number of benzene rings is 4. The average molecular weight is 486 g/mol. The summed E-state index contributed by atoms with van der Waals surface area (Å²) in [7, 11) is 0. The van der Waals surface area contributed by atoms with E-state index in [1.54, 1.807) is 0 Å². The first-order chi connectivity index (χ1) is 17.6. The van der Waals surface area contributed by atoms with Crippen molar-refractivity contribution in [2.75, 3.05) is 11.1 Å². The summed E-state index contributed by atoms with van der Waals surface area (Å²) in [5, 5.41) is 6.02. The van der Waals surface area contributed by atoms with Gasteiger partial charge in [-0.05, 0) is 35.1 Å². The minimum absolute atomic E-state index is 0.227. The number of carbonyl (C=O) groups excluding carboxylic acids is 1. The van der Waals surface area contributed by atoms with Crippen molar-refractivity contribution in [1.82, 2.24) is 4.98 Å². The lowest BCUT2D eigenvalue weighted by Gasteiger charge is -2.12. The molecule has 4 nitrogen and oxygen atoms in total. The molecule has 1 amide bonds. The van der Waals surface area contributed by atoms with E-state index in [-0.39, 0.29) is 5.91 Å². The highest BCUT2D eigenvalue weighted by Gasteiger charge is 2.22. The largest absolute Gasteiger partial charge is 0.397 e. The van der Waals surface area contributed by atoms with Crippen molar-refractivity contribution in [2.24, 2.45) is 0 Å². The van der Waals surface area contributed by atoms with Crippen LogP contribution in [-0.2, 0) is 0 Å². The molecule has 6 aromatic rings. The molecule has 174 valence electrons. The Balaban J connectivity index is 1.51. The van der Waals surface area contributed by atoms with Crippen LogP contribution >= 0.6 is 11.3 Å². The lowest BCUT2D eigenvalue weighted by molar-refractivity contribution is 0.103. The Morgan fingerprint density at radius 1 is 0.833 bits per heavy atom. The number of nitrogens with one attached hydrogen (secondary N) is 1. The summed E-state index contributed by atoms with van der Waals surface area (Å²) in [5.74, 6) is -0.227. The number of hydrogen-bond acceptors (Lipinski definition) is 4. The van der Waals surface area contributed by atoms with Crippen molar-refractivity contribution in [3.05, 3.63) is 114 Å². The Bertz CT molecular complexity index is 1740. The van der Waals surface area contributed by atoms with Crippen LogP contribution in [0.3, 0.4) is 0 Å². The molecule has 0 atom stereocenters. The summed E-state index contributed by atoms with van der Waals surface area (Å²) < 4.78 is 0. The molecule has 4 aromatic carbocycles. The van der Waals surface area contributed by atoms with Gasteiger partial charge in [-0.2, -0.15) is 0 Å². The second-order valence-electron chi connectivity index (χ2n) is 8.74. The van der Waals surface area contributed by atoms with Crippen LogP contribution in [0.15, 0.2) is 103 Å². The summed E-state index contributed by atoms with van der Waals surface area (Å²) >= 11 is 1.33. The third-order valence-corrected chi connectivity index (χ3v) is 7.53. The van der Waals surface area contributed by atoms with Gasteiger partial charge in [0.15, 0.2) is 0 Å². The molecule has 0 aliphatic rings. The normalized spacial score (nSPS) is 11.1. The number of rotatable bonds is 4. The predicted octanol–water partition coefficient (Wildman–Crippen LogP) is 7.93. The molecule has 36 heavy (non-hydrogen) atoms. The maximum atomic E-state index is 13.6. The van der Waals surface area contributed by atoms with Gasteiger partial charge < -0.3 is 11.1 Å². The van der Waals surface area contributed by atoms with Gasteiger partial charge >= 0.3 is 0 Å². The molecular formula is C31H23N3OS. The molecule has 0 spiro atoms. The van der Waals surface area contributed by atoms with E-state index in [4.69, 9.17) is 10.7 Å². The molecule has 2 aromatic heterocycles. The quantitative estimate of drug-likeness (QED) is 0.266. The number of aryl methyl sites for hydroxylation is 1. The predicted molar refractivity (Wildman–Crippen MR) is 152 cm³/mol. The lowest BCUT2D eigenvalue weighted by Crippen LogP contribution is -2.13. The van der Waals surface area contributed by atoms with E-state index in [2.05, 4.69) is 29.6 Å². The summed E-state index contributed by atoms with van der Waals surface area (Å²) in [6.07, 6.45) is 0. The van der Waals surface area contributed by atoms with Crippen molar-refractivity contribution < 1.29 is 4.79 Å². The van der Waals surface area contributed by atoms with Crippen LogP contribution in [0, 0.1) is 6.92 Å².